The zero-order valence-corrected chi connectivity index (χ0v) is 13.0. The minimum atomic E-state index is -1.33. The van der Waals surface area contributed by atoms with E-state index in [1.807, 2.05) is 0 Å². The van der Waals surface area contributed by atoms with Gasteiger partial charge in [0.15, 0.2) is 6.04 Å². The molecule has 0 radical (unpaired) electrons. The molecule has 0 fully saturated rings. The van der Waals surface area contributed by atoms with E-state index >= 15 is 0 Å². The highest BCUT2D eigenvalue weighted by Crippen LogP contribution is 2.20. The van der Waals surface area contributed by atoms with Gasteiger partial charge in [0.2, 0.25) is 5.91 Å². The Morgan fingerprint density at radius 1 is 1.43 bits per heavy atom. The third kappa shape index (κ3) is 4.29. The van der Waals surface area contributed by atoms with Crippen molar-refractivity contribution in [3.63, 3.8) is 0 Å². The molecular formula is C15H15ClFN3O3. The first-order valence-corrected chi connectivity index (χ1v) is 7.20. The normalized spacial score (nSPS) is 12.0. The molecule has 1 atom stereocenters. The summed E-state index contributed by atoms with van der Waals surface area (Å²) in [6.07, 6.45) is 2.13. The Balaban J connectivity index is 2.04. The van der Waals surface area contributed by atoms with Crippen LogP contribution in [0.5, 0.6) is 0 Å². The van der Waals surface area contributed by atoms with Crippen molar-refractivity contribution >= 4 is 23.5 Å². The first kappa shape index (κ1) is 17.0. The summed E-state index contributed by atoms with van der Waals surface area (Å²) in [6.45, 7) is 0. The summed E-state index contributed by atoms with van der Waals surface area (Å²) in [5.74, 6) is -2.46. The van der Waals surface area contributed by atoms with Gasteiger partial charge in [0.25, 0.3) is 0 Å². The number of hydrogen-bond donors (Lipinski definition) is 2. The SMILES string of the molecule is Cn1nccc1CCC(=O)NC(C(=O)O)c1ccc(Cl)c(F)c1. The van der Waals surface area contributed by atoms with E-state index in [-0.39, 0.29) is 17.0 Å². The van der Waals surface area contributed by atoms with Crippen LogP contribution >= 0.6 is 11.6 Å². The van der Waals surface area contributed by atoms with Gasteiger partial charge >= 0.3 is 5.97 Å². The van der Waals surface area contributed by atoms with Crippen molar-refractivity contribution in [2.75, 3.05) is 0 Å². The number of carboxylic acid groups (broad SMARTS) is 1. The number of benzene rings is 1. The lowest BCUT2D eigenvalue weighted by Gasteiger charge is -2.15. The highest BCUT2D eigenvalue weighted by Gasteiger charge is 2.23. The summed E-state index contributed by atoms with van der Waals surface area (Å²) in [6, 6.07) is 4.06. The van der Waals surface area contributed by atoms with Gasteiger partial charge in [-0.15, -0.1) is 0 Å². The van der Waals surface area contributed by atoms with Crippen molar-refractivity contribution in [2.45, 2.75) is 18.9 Å². The molecule has 1 aromatic heterocycles. The maximum atomic E-state index is 13.5. The quantitative estimate of drug-likeness (QED) is 0.844. The summed E-state index contributed by atoms with van der Waals surface area (Å²) in [5.41, 5.74) is 0.970. The Labute approximate surface area is 136 Å². The summed E-state index contributed by atoms with van der Waals surface area (Å²) in [4.78, 5) is 23.3. The molecule has 8 heteroatoms. The second kappa shape index (κ2) is 7.23. The fourth-order valence-corrected chi connectivity index (χ4v) is 2.22. The van der Waals surface area contributed by atoms with Crippen molar-refractivity contribution in [1.82, 2.24) is 15.1 Å². The molecule has 0 aliphatic rings. The van der Waals surface area contributed by atoms with Crippen LogP contribution in [0.2, 0.25) is 5.02 Å². The van der Waals surface area contributed by atoms with E-state index in [4.69, 9.17) is 11.6 Å². The van der Waals surface area contributed by atoms with E-state index in [1.54, 1.807) is 24.0 Å². The molecule has 2 aromatic rings. The molecule has 0 bridgehead atoms. The minimum absolute atomic E-state index is 0.0966. The lowest BCUT2D eigenvalue weighted by atomic mass is 10.1. The molecule has 23 heavy (non-hydrogen) atoms. The standard InChI is InChI=1S/C15H15ClFN3O3/c1-20-10(6-7-18-20)3-5-13(21)19-14(15(22)23)9-2-4-11(16)12(17)8-9/h2,4,6-8,14H,3,5H2,1H3,(H,19,21)(H,22,23). The van der Waals surface area contributed by atoms with Crippen molar-refractivity contribution < 1.29 is 19.1 Å². The number of aryl methyl sites for hydroxylation is 2. The zero-order chi connectivity index (χ0) is 17.0. The van der Waals surface area contributed by atoms with Gasteiger partial charge < -0.3 is 10.4 Å². The molecule has 0 saturated heterocycles. The van der Waals surface area contributed by atoms with Crippen molar-refractivity contribution in [1.29, 1.82) is 0 Å². The van der Waals surface area contributed by atoms with Crippen molar-refractivity contribution in [2.24, 2.45) is 7.05 Å². The third-order valence-electron chi connectivity index (χ3n) is 3.36. The topological polar surface area (TPSA) is 84.2 Å². The van der Waals surface area contributed by atoms with Crippen LogP contribution in [0.3, 0.4) is 0 Å². The van der Waals surface area contributed by atoms with Crippen LogP contribution in [0.25, 0.3) is 0 Å². The minimum Gasteiger partial charge on any atom is -0.479 e. The summed E-state index contributed by atoms with van der Waals surface area (Å²) in [5, 5.41) is 15.5. The molecule has 2 rings (SSSR count). The number of halogens is 2. The van der Waals surface area contributed by atoms with Gasteiger partial charge in [-0.05, 0) is 30.2 Å². The number of hydrogen-bond acceptors (Lipinski definition) is 3. The molecular weight excluding hydrogens is 325 g/mol. The number of carbonyl (C=O) groups excluding carboxylic acids is 1. The van der Waals surface area contributed by atoms with E-state index in [1.165, 1.54) is 12.1 Å². The van der Waals surface area contributed by atoms with Crippen LogP contribution < -0.4 is 5.32 Å². The van der Waals surface area contributed by atoms with Crippen molar-refractivity contribution in [3.8, 4) is 0 Å². The fourth-order valence-electron chi connectivity index (χ4n) is 2.10. The second-order valence-corrected chi connectivity index (χ2v) is 5.37. The molecule has 2 N–H and O–H groups in total. The maximum Gasteiger partial charge on any atom is 0.330 e. The number of aromatic nitrogens is 2. The first-order valence-electron chi connectivity index (χ1n) is 6.82. The molecule has 1 amide bonds. The van der Waals surface area contributed by atoms with E-state index in [9.17, 15) is 19.1 Å². The number of nitrogens with zero attached hydrogens (tertiary/aromatic N) is 2. The zero-order valence-electron chi connectivity index (χ0n) is 12.3. The van der Waals surface area contributed by atoms with E-state index in [2.05, 4.69) is 10.4 Å². The number of nitrogens with one attached hydrogen (secondary N) is 1. The van der Waals surface area contributed by atoms with Gasteiger partial charge in [-0.1, -0.05) is 17.7 Å². The van der Waals surface area contributed by atoms with Crippen LogP contribution in [0.15, 0.2) is 30.5 Å². The van der Waals surface area contributed by atoms with E-state index < -0.39 is 23.7 Å². The summed E-state index contributed by atoms with van der Waals surface area (Å²) in [7, 11) is 1.75. The predicted octanol–water partition coefficient (Wildman–Crippen LogP) is 2.09. The van der Waals surface area contributed by atoms with E-state index in [0.717, 1.165) is 11.8 Å². The Bertz CT molecular complexity index is 733. The van der Waals surface area contributed by atoms with Crippen LogP contribution in [0.1, 0.15) is 23.7 Å². The van der Waals surface area contributed by atoms with Gasteiger partial charge in [0.1, 0.15) is 5.82 Å². The van der Waals surface area contributed by atoms with Crippen LogP contribution in [0.4, 0.5) is 4.39 Å². The molecule has 0 aliphatic heterocycles. The molecule has 1 unspecified atom stereocenters. The molecule has 6 nitrogen and oxygen atoms in total. The number of rotatable bonds is 6. The van der Waals surface area contributed by atoms with Crippen LogP contribution in [0, 0.1) is 5.82 Å². The van der Waals surface area contributed by atoms with Gasteiger partial charge in [-0.2, -0.15) is 5.10 Å². The number of amides is 1. The highest BCUT2D eigenvalue weighted by atomic mass is 35.5. The van der Waals surface area contributed by atoms with E-state index in [0.29, 0.717) is 6.42 Å². The summed E-state index contributed by atoms with van der Waals surface area (Å²) >= 11 is 5.57. The number of carboxylic acids is 1. The van der Waals surface area contributed by atoms with Crippen LogP contribution in [-0.2, 0) is 23.1 Å². The molecule has 122 valence electrons. The first-order chi connectivity index (χ1) is 10.9. The Morgan fingerprint density at radius 2 is 2.17 bits per heavy atom. The van der Waals surface area contributed by atoms with Gasteiger partial charge in [0.05, 0.1) is 5.02 Å². The molecule has 0 saturated carbocycles. The lowest BCUT2D eigenvalue weighted by Crippen LogP contribution is -2.34. The average molecular weight is 340 g/mol. The predicted molar refractivity (Wildman–Crippen MR) is 81.5 cm³/mol. The van der Waals surface area contributed by atoms with Gasteiger partial charge in [0, 0.05) is 25.4 Å². The molecule has 1 aromatic carbocycles. The maximum absolute atomic E-state index is 13.5. The van der Waals surface area contributed by atoms with Gasteiger partial charge in [-0.25, -0.2) is 9.18 Å². The Hall–Kier alpha value is -2.41. The largest absolute Gasteiger partial charge is 0.479 e. The van der Waals surface area contributed by atoms with Crippen molar-refractivity contribution in [3.05, 3.63) is 52.6 Å². The monoisotopic (exact) mass is 339 g/mol. The smallest absolute Gasteiger partial charge is 0.330 e. The third-order valence-corrected chi connectivity index (χ3v) is 3.67. The Kier molecular flexibility index (Phi) is 5.33. The molecule has 0 spiro atoms. The molecule has 1 heterocycles. The second-order valence-electron chi connectivity index (χ2n) is 4.96. The number of carbonyl (C=O) groups is 2. The fraction of sp³-hybridized carbons (Fsp3) is 0.267. The Morgan fingerprint density at radius 3 is 2.74 bits per heavy atom. The van der Waals surface area contributed by atoms with Gasteiger partial charge in [-0.3, -0.25) is 9.48 Å². The summed E-state index contributed by atoms with van der Waals surface area (Å²) < 4.78 is 15.1. The average Bonchev–Trinajstić information content (AvgIpc) is 2.90. The molecule has 0 aliphatic carbocycles. The number of aliphatic carboxylic acids is 1. The highest BCUT2D eigenvalue weighted by molar-refractivity contribution is 6.30. The van der Waals surface area contributed by atoms with Crippen LogP contribution in [-0.4, -0.2) is 26.8 Å². The lowest BCUT2D eigenvalue weighted by molar-refractivity contribution is -0.142.